The van der Waals surface area contributed by atoms with Gasteiger partial charge >= 0.3 is 5.97 Å². The molecule has 31 heavy (non-hydrogen) atoms. The average Bonchev–Trinajstić information content (AvgIpc) is 2.72. The van der Waals surface area contributed by atoms with Crippen molar-refractivity contribution in [3.63, 3.8) is 0 Å². The molecular formula is C25H43NO5. The summed E-state index contributed by atoms with van der Waals surface area (Å²) in [6.07, 6.45) is 16.6. The predicted molar refractivity (Wildman–Crippen MR) is 124 cm³/mol. The van der Waals surface area contributed by atoms with Crippen LogP contribution in [0.3, 0.4) is 0 Å². The Bertz CT molecular complexity index is 558. The van der Waals surface area contributed by atoms with Crippen molar-refractivity contribution >= 4 is 18.2 Å². The first-order valence-corrected chi connectivity index (χ1v) is 11.7. The van der Waals surface area contributed by atoms with Crippen LogP contribution < -0.4 is 5.73 Å². The number of aliphatic hydroxyl groups excluding tert-OH is 1. The monoisotopic (exact) mass is 437 g/mol. The molecule has 0 rings (SSSR count). The number of ether oxygens (including phenoxy) is 1. The van der Waals surface area contributed by atoms with Crippen molar-refractivity contribution < 1.29 is 24.2 Å². The van der Waals surface area contributed by atoms with Crippen molar-refractivity contribution in [2.24, 2.45) is 11.7 Å². The van der Waals surface area contributed by atoms with Crippen LogP contribution in [0.25, 0.3) is 0 Å². The highest BCUT2D eigenvalue weighted by Crippen LogP contribution is 2.27. The van der Waals surface area contributed by atoms with Crippen molar-refractivity contribution in [3.8, 4) is 0 Å². The summed E-state index contributed by atoms with van der Waals surface area (Å²) in [6, 6.07) is 0. The van der Waals surface area contributed by atoms with E-state index in [-0.39, 0.29) is 18.8 Å². The number of allylic oxidation sites excluding steroid dienone is 2. The number of primary amides is 1. The molecule has 0 bridgehead atoms. The van der Waals surface area contributed by atoms with Gasteiger partial charge in [0.15, 0.2) is 5.60 Å². The molecule has 0 spiro atoms. The van der Waals surface area contributed by atoms with E-state index in [0.717, 1.165) is 57.3 Å². The van der Waals surface area contributed by atoms with Gasteiger partial charge in [-0.1, -0.05) is 57.8 Å². The maximum Gasteiger partial charge on any atom is 0.331 e. The summed E-state index contributed by atoms with van der Waals surface area (Å²) < 4.78 is 5.26. The van der Waals surface area contributed by atoms with Crippen molar-refractivity contribution in [3.05, 3.63) is 24.8 Å². The van der Waals surface area contributed by atoms with Gasteiger partial charge in [0, 0.05) is 18.4 Å². The van der Waals surface area contributed by atoms with Crippen LogP contribution in [0.5, 0.6) is 0 Å². The maximum absolute atomic E-state index is 12.0. The lowest BCUT2D eigenvalue weighted by atomic mass is 9.88. The number of aliphatic hydroxyl groups is 1. The molecular weight excluding hydrogens is 394 g/mol. The van der Waals surface area contributed by atoms with Crippen LogP contribution in [0.2, 0.25) is 0 Å². The van der Waals surface area contributed by atoms with Crippen LogP contribution in [0.15, 0.2) is 24.8 Å². The molecule has 178 valence electrons. The van der Waals surface area contributed by atoms with Crippen LogP contribution in [-0.4, -0.2) is 35.0 Å². The summed E-state index contributed by atoms with van der Waals surface area (Å²) in [7, 11) is 0. The van der Waals surface area contributed by atoms with Crippen molar-refractivity contribution in [1.82, 2.24) is 0 Å². The normalized spacial score (nSPS) is 15.2. The van der Waals surface area contributed by atoms with E-state index < -0.39 is 23.6 Å². The molecule has 0 aliphatic rings. The first-order valence-electron chi connectivity index (χ1n) is 11.7. The van der Waals surface area contributed by atoms with Gasteiger partial charge in [0.05, 0.1) is 6.10 Å². The van der Waals surface area contributed by atoms with E-state index in [1.807, 2.05) is 0 Å². The van der Waals surface area contributed by atoms with E-state index in [1.54, 1.807) is 0 Å². The molecule has 3 N–H and O–H groups in total. The first kappa shape index (κ1) is 29.1. The van der Waals surface area contributed by atoms with Crippen LogP contribution >= 0.6 is 0 Å². The highest BCUT2D eigenvalue weighted by Gasteiger charge is 2.40. The van der Waals surface area contributed by atoms with E-state index in [2.05, 4.69) is 25.7 Å². The van der Waals surface area contributed by atoms with Gasteiger partial charge in [-0.3, -0.25) is 4.79 Å². The minimum Gasteiger partial charge on any atom is -0.446 e. The van der Waals surface area contributed by atoms with Gasteiger partial charge in [-0.25, -0.2) is 4.79 Å². The summed E-state index contributed by atoms with van der Waals surface area (Å²) >= 11 is 0. The molecule has 6 heteroatoms. The summed E-state index contributed by atoms with van der Waals surface area (Å²) in [5.41, 5.74) is 3.99. The second-order valence-corrected chi connectivity index (χ2v) is 8.43. The highest BCUT2D eigenvalue weighted by atomic mass is 16.6. The number of hydrogen-bond donors (Lipinski definition) is 2. The number of esters is 1. The smallest absolute Gasteiger partial charge is 0.331 e. The Labute approximate surface area is 188 Å². The van der Waals surface area contributed by atoms with E-state index >= 15 is 0 Å². The van der Waals surface area contributed by atoms with Gasteiger partial charge in [0.1, 0.15) is 6.29 Å². The molecule has 3 unspecified atom stereocenters. The Kier molecular flexibility index (Phi) is 16.6. The van der Waals surface area contributed by atoms with Crippen LogP contribution in [-0.2, 0) is 19.1 Å². The van der Waals surface area contributed by atoms with E-state index in [9.17, 15) is 19.5 Å². The Morgan fingerprint density at radius 1 is 1.06 bits per heavy atom. The van der Waals surface area contributed by atoms with E-state index in [4.69, 9.17) is 10.5 Å². The molecule has 0 fully saturated rings. The number of aldehydes is 1. The number of carbonyl (C=O) groups is 3. The Hall–Kier alpha value is -1.95. The SMILES string of the molecule is C=CC(=O)OC(CCCCCCC(C=O)CCC=CCCCCC)(CC(C)O)C(N)=O. The summed E-state index contributed by atoms with van der Waals surface area (Å²) in [5.74, 6) is -1.41. The third-order valence-electron chi connectivity index (χ3n) is 5.48. The zero-order valence-corrected chi connectivity index (χ0v) is 19.5. The highest BCUT2D eigenvalue weighted by molar-refractivity contribution is 5.89. The lowest BCUT2D eigenvalue weighted by molar-refractivity contribution is -0.167. The van der Waals surface area contributed by atoms with Gasteiger partial charge in [-0.2, -0.15) is 0 Å². The topological polar surface area (TPSA) is 107 Å². The Balaban J connectivity index is 4.31. The van der Waals surface area contributed by atoms with Gasteiger partial charge < -0.3 is 20.4 Å². The van der Waals surface area contributed by atoms with Gasteiger partial charge in [-0.05, 0) is 51.9 Å². The number of nitrogens with two attached hydrogens (primary N) is 1. The van der Waals surface area contributed by atoms with Gasteiger partial charge in [-0.15, -0.1) is 0 Å². The Morgan fingerprint density at radius 3 is 2.32 bits per heavy atom. The minimum absolute atomic E-state index is 0.0406. The fourth-order valence-electron chi connectivity index (χ4n) is 3.69. The molecule has 3 atom stereocenters. The summed E-state index contributed by atoms with van der Waals surface area (Å²) in [4.78, 5) is 35.0. The molecule has 6 nitrogen and oxygen atoms in total. The fourth-order valence-corrected chi connectivity index (χ4v) is 3.69. The number of carbonyl (C=O) groups excluding carboxylic acids is 3. The number of rotatable bonds is 20. The average molecular weight is 438 g/mol. The van der Waals surface area contributed by atoms with E-state index in [0.29, 0.717) is 6.42 Å². The minimum atomic E-state index is -1.52. The fraction of sp³-hybridized carbons (Fsp3) is 0.720. The van der Waals surface area contributed by atoms with Crippen molar-refractivity contribution in [2.75, 3.05) is 0 Å². The zero-order valence-electron chi connectivity index (χ0n) is 19.5. The summed E-state index contributed by atoms with van der Waals surface area (Å²) in [6.45, 7) is 7.07. The third-order valence-corrected chi connectivity index (χ3v) is 5.48. The zero-order chi connectivity index (χ0) is 23.5. The first-order chi connectivity index (χ1) is 14.8. The molecule has 0 saturated carbocycles. The van der Waals surface area contributed by atoms with Crippen molar-refractivity contribution in [1.29, 1.82) is 0 Å². The quantitative estimate of drug-likeness (QED) is 0.0937. The van der Waals surface area contributed by atoms with Crippen LogP contribution in [0, 0.1) is 5.92 Å². The van der Waals surface area contributed by atoms with Crippen LogP contribution in [0.1, 0.15) is 97.3 Å². The standard InChI is InChI=1S/C25H43NO5/c1-4-6-7-8-9-10-13-16-22(20-27)17-14-11-12-15-18-25(24(26)30,19-21(3)28)31-23(29)5-2/h5,9-10,20-22,28H,2,4,6-8,11-19H2,1,3H3,(H2,26,30). The molecule has 0 aliphatic carbocycles. The third kappa shape index (κ3) is 13.9. The second kappa shape index (κ2) is 17.7. The number of hydrogen-bond acceptors (Lipinski definition) is 5. The molecule has 0 saturated heterocycles. The van der Waals surface area contributed by atoms with Gasteiger partial charge in [0.25, 0.3) is 5.91 Å². The van der Waals surface area contributed by atoms with Gasteiger partial charge in [0.2, 0.25) is 0 Å². The predicted octanol–water partition coefficient (Wildman–Crippen LogP) is 4.78. The molecule has 0 aromatic heterocycles. The number of amides is 1. The van der Waals surface area contributed by atoms with Crippen LogP contribution in [0.4, 0.5) is 0 Å². The molecule has 0 heterocycles. The molecule has 0 aromatic rings. The second-order valence-electron chi connectivity index (χ2n) is 8.43. The lowest BCUT2D eigenvalue weighted by Crippen LogP contribution is -2.49. The molecule has 1 amide bonds. The Morgan fingerprint density at radius 2 is 1.74 bits per heavy atom. The lowest BCUT2D eigenvalue weighted by Gasteiger charge is -2.31. The molecule has 0 radical (unpaired) electrons. The largest absolute Gasteiger partial charge is 0.446 e. The summed E-state index contributed by atoms with van der Waals surface area (Å²) in [5, 5.41) is 9.73. The van der Waals surface area contributed by atoms with Crippen molar-refractivity contribution in [2.45, 2.75) is 109 Å². The number of unbranched alkanes of at least 4 members (excludes halogenated alkanes) is 6. The molecule has 0 aromatic carbocycles. The molecule has 0 aliphatic heterocycles. The maximum atomic E-state index is 12.0. The van der Waals surface area contributed by atoms with E-state index in [1.165, 1.54) is 26.2 Å².